The number of aromatic nitrogens is 8. The molecular weight excluding hydrogens is 416 g/mol. The molecule has 12 heteroatoms. The van der Waals surface area contributed by atoms with Crippen molar-refractivity contribution in [1.29, 1.82) is 0 Å². The molecular formula is C20H20N8O4. The van der Waals surface area contributed by atoms with E-state index in [1.54, 1.807) is 26.2 Å². The fraction of sp³-hybridized carbons (Fsp3) is 0.300. The van der Waals surface area contributed by atoms with Crippen LogP contribution in [-0.4, -0.2) is 60.6 Å². The van der Waals surface area contributed by atoms with Crippen molar-refractivity contribution in [1.82, 2.24) is 39.7 Å². The summed E-state index contributed by atoms with van der Waals surface area (Å²) < 4.78 is 24.9. The van der Waals surface area contributed by atoms with Crippen LogP contribution < -0.4 is 9.47 Å². The predicted molar refractivity (Wildman–Crippen MR) is 111 cm³/mol. The average molecular weight is 436 g/mol. The van der Waals surface area contributed by atoms with Gasteiger partial charge in [0.15, 0.2) is 17.1 Å². The summed E-state index contributed by atoms with van der Waals surface area (Å²) in [4.78, 5) is 4.62. The molecule has 5 rings (SSSR count). The van der Waals surface area contributed by atoms with Gasteiger partial charge in [0, 0.05) is 19.2 Å². The minimum Gasteiger partial charge on any atom is -0.491 e. The van der Waals surface area contributed by atoms with Gasteiger partial charge in [-0.2, -0.15) is 9.61 Å². The zero-order chi connectivity index (χ0) is 22.1. The second-order valence-electron chi connectivity index (χ2n) is 7.01. The monoisotopic (exact) mass is 436 g/mol. The van der Waals surface area contributed by atoms with Gasteiger partial charge >= 0.3 is 0 Å². The van der Waals surface area contributed by atoms with Crippen LogP contribution in [-0.2, 0) is 17.9 Å². The summed E-state index contributed by atoms with van der Waals surface area (Å²) in [6.07, 6.45) is 1.88. The van der Waals surface area contributed by atoms with E-state index in [0.717, 1.165) is 16.7 Å². The van der Waals surface area contributed by atoms with Crippen LogP contribution in [0.15, 0.2) is 35.0 Å². The van der Waals surface area contributed by atoms with Crippen LogP contribution in [0.3, 0.4) is 0 Å². The first-order chi connectivity index (χ1) is 15.6. The number of nitrogens with zero attached hydrogens (tertiary/aromatic N) is 8. The Morgan fingerprint density at radius 3 is 2.75 bits per heavy atom. The molecule has 0 radical (unpaired) electrons. The van der Waals surface area contributed by atoms with Gasteiger partial charge in [0.2, 0.25) is 5.82 Å². The molecule has 0 spiro atoms. The molecule has 0 amide bonds. The van der Waals surface area contributed by atoms with Crippen LogP contribution >= 0.6 is 0 Å². The van der Waals surface area contributed by atoms with Crippen molar-refractivity contribution in [3.05, 3.63) is 41.9 Å². The van der Waals surface area contributed by atoms with Crippen LogP contribution in [0.5, 0.6) is 11.6 Å². The van der Waals surface area contributed by atoms with Crippen LogP contribution in [0.1, 0.15) is 11.5 Å². The van der Waals surface area contributed by atoms with Crippen molar-refractivity contribution >= 4 is 16.7 Å². The molecule has 0 aliphatic heterocycles. The van der Waals surface area contributed by atoms with Crippen molar-refractivity contribution in [3.63, 3.8) is 0 Å². The Balaban J connectivity index is 1.41. The maximum atomic E-state index is 5.94. The lowest BCUT2D eigenvalue weighted by molar-refractivity contribution is 0.184. The third kappa shape index (κ3) is 3.71. The van der Waals surface area contributed by atoms with Crippen molar-refractivity contribution < 1.29 is 18.7 Å². The van der Waals surface area contributed by atoms with E-state index in [1.165, 1.54) is 11.6 Å². The van der Waals surface area contributed by atoms with Crippen LogP contribution in [0.25, 0.3) is 28.2 Å². The summed E-state index contributed by atoms with van der Waals surface area (Å²) in [5.74, 6) is 1.81. The van der Waals surface area contributed by atoms with Gasteiger partial charge < -0.3 is 18.7 Å². The molecule has 164 valence electrons. The standard InChI is InChI=1S/C20H20N8O4/c1-12-8-15(26-32-12)19-23-22-18-9-17(30-3)20(25-28(18)19)31-11-13-4-5-14-16(21-13)10-27(24-14)6-7-29-2/h4-5,8-10H,6-7,11H2,1-3H3. The lowest BCUT2D eigenvalue weighted by Crippen LogP contribution is -2.05. The smallest absolute Gasteiger partial charge is 0.275 e. The van der Waals surface area contributed by atoms with Gasteiger partial charge in [-0.1, -0.05) is 5.16 Å². The maximum Gasteiger partial charge on any atom is 0.275 e. The van der Waals surface area contributed by atoms with Crippen molar-refractivity contribution in [3.8, 4) is 23.1 Å². The highest BCUT2D eigenvalue weighted by molar-refractivity contribution is 5.73. The fourth-order valence-corrected chi connectivity index (χ4v) is 3.20. The number of ether oxygens (including phenoxy) is 3. The molecule has 0 aliphatic rings. The Hall–Kier alpha value is -4.06. The summed E-state index contributed by atoms with van der Waals surface area (Å²) in [6, 6.07) is 7.23. The molecule has 0 aliphatic carbocycles. The normalized spacial score (nSPS) is 11.5. The number of rotatable bonds is 8. The molecule has 0 N–H and O–H groups in total. The average Bonchev–Trinajstić information content (AvgIpc) is 3.52. The van der Waals surface area contributed by atoms with E-state index in [-0.39, 0.29) is 12.5 Å². The highest BCUT2D eigenvalue weighted by Gasteiger charge is 2.18. The van der Waals surface area contributed by atoms with Gasteiger partial charge in [-0.15, -0.1) is 15.3 Å². The zero-order valence-corrected chi connectivity index (χ0v) is 17.7. The van der Waals surface area contributed by atoms with Gasteiger partial charge in [0.05, 0.1) is 32.2 Å². The quantitative estimate of drug-likeness (QED) is 0.356. The summed E-state index contributed by atoms with van der Waals surface area (Å²) in [5.41, 5.74) is 3.33. The number of aryl methyl sites for hydroxylation is 1. The molecule has 5 aromatic heterocycles. The van der Waals surface area contributed by atoms with E-state index in [2.05, 4.69) is 30.5 Å². The Morgan fingerprint density at radius 1 is 1.06 bits per heavy atom. The first kappa shape index (κ1) is 19.9. The number of pyridine rings is 1. The second-order valence-corrected chi connectivity index (χ2v) is 7.01. The summed E-state index contributed by atoms with van der Waals surface area (Å²) >= 11 is 0. The van der Waals surface area contributed by atoms with Crippen molar-refractivity contribution in [2.45, 2.75) is 20.1 Å². The molecule has 5 aromatic rings. The minimum atomic E-state index is 0.189. The first-order valence-electron chi connectivity index (χ1n) is 9.83. The summed E-state index contributed by atoms with van der Waals surface area (Å²) in [6.45, 7) is 3.23. The highest BCUT2D eigenvalue weighted by Crippen LogP contribution is 2.28. The first-order valence-corrected chi connectivity index (χ1v) is 9.83. The largest absolute Gasteiger partial charge is 0.491 e. The van der Waals surface area contributed by atoms with Crippen molar-refractivity contribution in [2.75, 3.05) is 20.8 Å². The van der Waals surface area contributed by atoms with E-state index in [4.69, 9.17) is 18.7 Å². The molecule has 5 heterocycles. The maximum absolute atomic E-state index is 5.94. The van der Waals surface area contributed by atoms with Gasteiger partial charge in [0.1, 0.15) is 23.4 Å². The molecule has 0 unspecified atom stereocenters. The molecule has 12 nitrogen and oxygen atoms in total. The Labute approximate surface area is 181 Å². The van der Waals surface area contributed by atoms with Gasteiger partial charge in [-0.05, 0) is 19.1 Å². The molecule has 0 atom stereocenters. The third-order valence-electron chi connectivity index (χ3n) is 4.75. The topological polar surface area (TPSA) is 128 Å². The molecule has 0 saturated heterocycles. The number of methoxy groups -OCH3 is 2. The minimum absolute atomic E-state index is 0.189. The van der Waals surface area contributed by atoms with E-state index < -0.39 is 0 Å². The van der Waals surface area contributed by atoms with E-state index in [1.807, 2.05) is 23.0 Å². The Bertz CT molecular complexity index is 1390. The molecule has 0 bridgehead atoms. The summed E-state index contributed by atoms with van der Waals surface area (Å²) in [5, 5.41) is 21.3. The zero-order valence-electron chi connectivity index (χ0n) is 17.7. The Kier molecular flexibility index (Phi) is 5.11. The number of hydrogen-bond donors (Lipinski definition) is 0. The molecule has 0 fully saturated rings. The molecule has 0 aromatic carbocycles. The number of fused-ring (bicyclic) bond motifs is 2. The molecule has 32 heavy (non-hydrogen) atoms. The van der Waals surface area contributed by atoms with Gasteiger partial charge in [0.25, 0.3) is 5.88 Å². The fourth-order valence-electron chi connectivity index (χ4n) is 3.20. The molecule has 0 saturated carbocycles. The predicted octanol–water partition coefficient (Wildman–Crippen LogP) is 2.07. The van der Waals surface area contributed by atoms with E-state index in [0.29, 0.717) is 41.8 Å². The van der Waals surface area contributed by atoms with Crippen LogP contribution in [0, 0.1) is 6.92 Å². The van der Waals surface area contributed by atoms with E-state index >= 15 is 0 Å². The SMILES string of the molecule is COCCn1cc2nc(COc3nn4c(-c5cc(C)on5)nnc4cc3OC)ccc2n1. The van der Waals surface area contributed by atoms with Crippen LogP contribution in [0.2, 0.25) is 0 Å². The number of hydrogen-bond acceptors (Lipinski definition) is 10. The third-order valence-corrected chi connectivity index (χ3v) is 4.75. The van der Waals surface area contributed by atoms with Gasteiger partial charge in [-0.25, -0.2) is 4.98 Å². The van der Waals surface area contributed by atoms with Gasteiger partial charge in [-0.3, -0.25) is 4.68 Å². The van der Waals surface area contributed by atoms with E-state index in [9.17, 15) is 0 Å². The van der Waals surface area contributed by atoms with Crippen molar-refractivity contribution in [2.24, 2.45) is 0 Å². The Morgan fingerprint density at radius 2 is 1.97 bits per heavy atom. The van der Waals surface area contributed by atoms with Crippen LogP contribution in [0.4, 0.5) is 0 Å². The highest BCUT2D eigenvalue weighted by atomic mass is 16.5. The second kappa shape index (κ2) is 8.23. The lowest BCUT2D eigenvalue weighted by Gasteiger charge is -2.09. The summed E-state index contributed by atoms with van der Waals surface area (Å²) in [7, 11) is 3.20. The lowest BCUT2D eigenvalue weighted by atomic mass is 10.3.